The van der Waals surface area contributed by atoms with Gasteiger partial charge in [-0.25, -0.2) is 4.39 Å². The normalized spacial score (nSPS) is 12.9. The Hall–Kier alpha value is -0.890. The van der Waals surface area contributed by atoms with Crippen molar-refractivity contribution in [3.63, 3.8) is 0 Å². The molecule has 1 nitrogen and oxygen atoms in total. The molecule has 0 amide bonds. The zero-order valence-electron chi connectivity index (χ0n) is 11.9. The Morgan fingerprint density at radius 3 is 2.33 bits per heavy atom. The van der Waals surface area contributed by atoms with Gasteiger partial charge in [0.15, 0.2) is 0 Å². The van der Waals surface area contributed by atoms with Crippen LogP contribution < -0.4 is 5.32 Å². The Labute approximate surface area is 111 Å². The van der Waals surface area contributed by atoms with Crippen LogP contribution in [0.2, 0.25) is 0 Å². The van der Waals surface area contributed by atoms with Crippen LogP contribution in [0.5, 0.6) is 0 Å². The van der Waals surface area contributed by atoms with E-state index in [-0.39, 0.29) is 11.7 Å². The third-order valence-corrected chi connectivity index (χ3v) is 3.71. The smallest absolute Gasteiger partial charge is 0.126 e. The predicted octanol–water partition coefficient (Wildman–Crippen LogP) is 4.35. The van der Waals surface area contributed by atoms with E-state index in [1.807, 2.05) is 12.1 Å². The van der Waals surface area contributed by atoms with E-state index >= 15 is 0 Å². The number of nitrogens with one attached hydrogen (secondary N) is 1. The molecule has 0 aliphatic rings. The lowest BCUT2D eigenvalue weighted by Crippen LogP contribution is -2.27. The van der Waals surface area contributed by atoms with E-state index in [1.165, 1.54) is 0 Å². The zero-order valence-corrected chi connectivity index (χ0v) is 11.9. The molecular formula is C16H26FN. The van der Waals surface area contributed by atoms with Crippen LogP contribution in [-0.2, 0) is 0 Å². The second-order valence-electron chi connectivity index (χ2n) is 4.91. The highest BCUT2D eigenvalue weighted by Crippen LogP contribution is 2.30. The molecule has 0 bridgehead atoms. The van der Waals surface area contributed by atoms with Crippen molar-refractivity contribution in [1.29, 1.82) is 0 Å². The molecule has 1 rings (SSSR count). The fourth-order valence-electron chi connectivity index (χ4n) is 2.60. The van der Waals surface area contributed by atoms with Gasteiger partial charge in [-0.3, -0.25) is 0 Å². The SMILES string of the molecule is CCCNCC(c1ccccc1F)C(CC)CC. The Balaban J connectivity index is 2.85. The summed E-state index contributed by atoms with van der Waals surface area (Å²) < 4.78 is 14.0. The van der Waals surface area contributed by atoms with Crippen molar-refractivity contribution in [2.24, 2.45) is 5.92 Å². The minimum Gasteiger partial charge on any atom is -0.316 e. The molecule has 1 aromatic carbocycles. The Morgan fingerprint density at radius 1 is 1.11 bits per heavy atom. The van der Waals surface area contributed by atoms with Gasteiger partial charge in [-0.2, -0.15) is 0 Å². The van der Waals surface area contributed by atoms with Crippen LogP contribution in [0, 0.1) is 11.7 Å². The Bertz CT molecular complexity index is 334. The Kier molecular flexibility index (Phi) is 6.96. The van der Waals surface area contributed by atoms with Crippen molar-refractivity contribution in [2.45, 2.75) is 46.0 Å². The van der Waals surface area contributed by atoms with Crippen molar-refractivity contribution < 1.29 is 4.39 Å². The summed E-state index contributed by atoms with van der Waals surface area (Å²) in [7, 11) is 0. The van der Waals surface area contributed by atoms with Gasteiger partial charge in [0.25, 0.3) is 0 Å². The van der Waals surface area contributed by atoms with E-state index in [2.05, 4.69) is 26.1 Å². The molecule has 0 aromatic heterocycles. The van der Waals surface area contributed by atoms with Crippen LogP contribution in [0.25, 0.3) is 0 Å². The molecular weight excluding hydrogens is 225 g/mol. The maximum Gasteiger partial charge on any atom is 0.126 e. The van der Waals surface area contributed by atoms with Gasteiger partial charge in [0, 0.05) is 12.5 Å². The van der Waals surface area contributed by atoms with Gasteiger partial charge in [0.1, 0.15) is 5.82 Å². The number of hydrogen-bond donors (Lipinski definition) is 1. The quantitative estimate of drug-likeness (QED) is 0.677. The van der Waals surface area contributed by atoms with Crippen LogP contribution in [0.1, 0.15) is 51.5 Å². The lowest BCUT2D eigenvalue weighted by molar-refractivity contribution is 0.370. The fourth-order valence-corrected chi connectivity index (χ4v) is 2.60. The number of rotatable bonds is 8. The maximum absolute atomic E-state index is 14.0. The molecule has 1 aromatic rings. The average molecular weight is 251 g/mol. The molecule has 2 heteroatoms. The molecule has 1 unspecified atom stereocenters. The number of halogens is 1. The second-order valence-corrected chi connectivity index (χ2v) is 4.91. The van der Waals surface area contributed by atoms with Crippen LogP contribution in [0.15, 0.2) is 24.3 Å². The molecule has 0 spiro atoms. The summed E-state index contributed by atoms with van der Waals surface area (Å²) in [6.07, 6.45) is 3.32. The zero-order chi connectivity index (χ0) is 13.4. The number of hydrogen-bond acceptors (Lipinski definition) is 1. The fraction of sp³-hybridized carbons (Fsp3) is 0.625. The summed E-state index contributed by atoms with van der Waals surface area (Å²) in [5.41, 5.74) is 0.870. The van der Waals surface area contributed by atoms with E-state index in [0.717, 1.165) is 37.9 Å². The molecule has 1 atom stereocenters. The summed E-state index contributed by atoms with van der Waals surface area (Å²) in [5.74, 6) is 0.770. The number of benzene rings is 1. The summed E-state index contributed by atoms with van der Waals surface area (Å²) in [6.45, 7) is 8.43. The summed E-state index contributed by atoms with van der Waals surface area (Å²) in [5, 5.41) is 3.44. The predicted molar refractivity (Wildman–Crippen MR) is 76.4 cm³/mol. The minimum absolute atomic E-state index is 0.0623. The first-order chi connectivity index (χ1) is 8.74. The molecule has 18 heavy (non-hydrogen) atoms. The van der Waals surface area contributed by atoms with E-state index < -0.39 is 0 Å². The van der Waals surface area contributed by atoms with Crippen molar-refractivity contribution in [3.05, 3.63) is 35.6 Å². The monoisotopic (exact) mass is 251 g/mol. The first-order valence-corrected chi connectivity index (χ1v) is 7.19. The van der Waals surface area contributed by atoms with Gasteiger partial charge >= 0.3 is 0 Å². The summed E-state index contributed by atoms with van der Waals surface area (Å²) in [4.78, 5) is 0. The molecule has 0 aliphatic carbocycles. The topological polar surface area (TPSA) is 12.0 Å². The summed E-state index contributed by atoms with van der Waals surface area (Å²) >= 11 is 0. The highest BCUT2D eigenvalue weighted by molar-refractivity contribution is 5.23. The van der Waals surface area contributed by atoms with Crippen molar-refractivity contribution in [3.8, 4) is 0 Å². The maximum atomic E-state index is 14.0. The van der Waals surface area contributed by atoms with Gasteiger partial charge in [0.2, 0.25) is 0 Å². The highest BCUT2D eigenvalue weighted by Gasteiger charge is 2.22. The molecule has 0 saturated heterocycles. The minimum atomic E-state index is -0.0623. The highest BCUT2D eigenvalue weighted by atomic mass is 19.1. The molecule has 0 saturated carbocycles. The van der Waals surface area contributed by atoms with E-state index in [0.29, 0.717) is 5.92 Å². The van der Waals surface area contributed by atoms with E-state index in [9.17, 15) is 4.39 Å². The molecule has 0 fully saturated rings. The first kappa shape index (κ1) is 15.2. The van der Waals surface area contributed by atoms with Crippen LogP contribution in [0.4, 0.5) is 4.39 Å². The third kappa shape index (κ3) is 4.09. The molecule has 0 radical (unpaired) electrons. The molecule has 1 N–H and O–H groups in total. The van der Waals surface area contributed by atoms with Crippen LogP contribution in [-0.4, -0.2) is 13.1 Å². The van der Waals surface area contributed by atoms with E-state index in [1.54, 1.807) is 12.1 Å². The largest absolute Gasteiger partial charge is 0.316 e. The Morgan fingerprint density at radius 2 is 1.78 bits per heavy atom. The van der Waals surface area contributed by atoms with Gasteiger partial charge in [0.05, 0.1) is 0 Å². The summed E-state index contributed by atoms with van der Waals surface area (Å²) in [6, 6.07) is 7.21. The van der Waals surface area contributed by atoms with Crippen LogP contribution >= 0.6 is 0 Å². The lowest BCUT2D eigenvalue weighted by atomic mass is 9.82. The average Bonchev–Trinajstić information content (AvgIpc) is 2.39. The molecule has 0 heterocycles. The van der Waals surface area contributed by atoms with Crippen LogP contribution in [0.3, 0.4) is 0 Å². The van der Waals surface area contributed by atoms with Crippen molar-refractivity contribution in [1.82, 2.24) is 5.32 Å². The van der Waals surface area contributed by atoms with Crippen molar-refractivity contribution >= 4 is 0 Å². The first-order valence-electron chi connectivity index (χ1n) is 7.19. The van der Waals surface area contributed by atoms with Gasteiger partial charge in [-0.15, -0.1) is 0 Å². The second kappa shape index (κ2) is 8.25. The molecule has 102 valence electrons. The van der Waals surface area contributed by atoms with Gasteiger partial charge in [-0.1, -0.05) is 51.8 Å². The standard InChI is InChI=1S/C16H26FN/c1-4-11-18-12-15(13(5-2)6-3)14-9-7-8-10-16(14)17/h7-10,13,15,18H,4-6,11-12H2,1-3H3. The molecule has 0 aliphatic heterocycles. The van der Waals surface area contributed by atoms with Crippen molar-refractivity contribution in [2.75, 3.05) is 13.1 Å². The van der Waals surface area contributed by atoms with Gasteiger partial charge < -0.3 is 5.32 Å². The van der Waals surface area contributed by atoms with E-state index in [4.69, 9.17) is 0 Å². The third-order valence-electron chi connectivity index (χ3n) is 3.71. The lowest BCUT2D eigenvalue weighted by Gasteiger charge is -2.26. The van der Waals surface area contributed by atoms with Gasteiger partial charge in [-0.05, 0) is 30.5 Å².